The van der Waals surface area contributed by atoms with Gasteiger partial charge in [0.25, 0.3) is 5.91 Å². The molecule has 18 heavy (non-hydrogen) atoms. The number of halogens is 1. The summed E-state index contributed by atoms with van der Waals surface area (Å²) in [5.74, 6) is 0.0304. The van der Waals surface area contributed by atoms with Gasteiger partial charge in [-0.25, -0.2) is 4.39 Å². The number of piperidine rings is 1. The smallest absolute Gasteiger partial charge is 0.251 e. The molecule has 1 saturated heterocycles. The first-order valence-corrected chi connectivity index (χ1v) is 6.35. The first-order valence-electron chi connectivity index (χ1n) is 6.35. The van der Waals surface area contributed by atoms with Crippen molar-refractivity contribution in [2.45, 2.75) is 26.3 Å². The van der Waals surface area contributed by atoms with E-state index in [2.05, 4.69) is 17.6 Å². The molecule has 1 aliphatic rings. The molecule has 1 aromatic rings. The maximum atomic E-state index is 13.1. The fourth-order valence-corrected chi connectivity index (χ4v) is 2.27. The average molecular weight is 250 g/mol. The van der Waals surface area contributed by atoms with Crippen LogP contribution in [0.1, 0.15) is 29.3 Å². The van der Waals surface area contributed by atoms with Crippen molar-refractivity contribution < 1.29 is 9.18 Å². The van der Waals surface area contributed by atoms with Crippen molar-refractivity contribution in [2.75, 3.05) is 13.1 Å². The van der Waals surface area contributed by atoms with E-state index in [1.165, 1.54) is 12.1 Å². The number of carbonyl (C=O) groups is 1. The zero-order chi connectivity index (χ0) is 13.1. The summed E-state index contributed by atoms with van der Waals surface area (Å²) in [4.78, 5) is 12.1. The monoisotopic (exact) mass is 250 g/mol. The zero-order valence-corrected chi connectivity index (χ0v) is 10.8. The molecule has 1 amide bonds. The Morgan fingerprint density at radius 2 is 2.28 bits per heavy atom. The fraction of sp³-hybridized carbons (Fsp3) is 0.500. The third-order valence-electron chi connectivity index (χ3n) is 3.52. The number of amides is 1. The van der Waals surface area contributed by atoms with Crippen molar-refractivity contribution in [2.24, 2.45) is 5.92 Å². The largest absolute Gasteiger partial charge is 0.349 e. The van der Waals surface area contributed by atoms with E-state index in [4.69, 9.17) is 0 Å². The molecule has 0 radical (unpaired) electrons. The summed E-state index contributed by atoms with van der Waals surface area (Å²) >= 11 is 0. The molecule has 0 spiro atoms. The van der Waals surface area contributed by atoms with E-state index in [9.17, 15) is 9.18 Å². The molecule has 1 heterocycles. The molecule has 2 N–H and O–H groups in total. The summed E-state index contributed by atoms with van der Waals surface area (Å²) in [5.41, 5.74) is 1.03. The van der Waals surface area contributed by atoms with Gasteiger partial charge in [-0.15, -0.1) is 0 Å². The lowest BCUT2D eigenvalue weighted by Gasteiger charge is -2.30. The minimum atomic E-state index is -0.276. The summed E-state index contributed by atoms with van der Waals surface area (Å²) in [6.07, 6.45) is 0.938. The van der Waals surface area contributed by atoms with Crippen molar-refractivity contribution in [1.29, 1.82) is 0 Å². The van der Waals surface area contributed by atoms with Crippen molar-refractivity contribution in [3.05, 3.63) is 35.1 Å². The Kier molecular flexibility index (Phi) is 3.97. The highest BCUT2D eigenvalue weighted by Crippen LogP contribution is 2.13. The highest BCUT2D eigenvalue weighted by atomic mass is 19.1. The van der Waals surface area contributed by atoms with E-state index >= 15 is 0 Å². The van der Waals surface area contributed by atoms with Crippen molar-refractivity contribution in [1.82, 2.24) is 10.6 Å². The highest BCUT2D eigenvalue weighted by molar-refractivity contribution is 5.94. The van der Waals surface area contributed by atoms with E-state index in [0.717, 1.165) is 19.5 Å². The van der Waals surface area contributed by atoms with Gasteiger partial charge in [0.15, 0.2) is 0 Å². The number of hydrogen-bond acceptors (Lipinski definition) is 2. The number of benzene rings is 1. The summed E-state index contributed by atoms with van der Waals surface area (Å²) in [6, 6.07) is 4.67. The number of aryl methyl sites for hydroxylation is 1. The summed E-state index contributed by atoms with van der Waals surface area (Å²) in [5, 5.41) is 6.32. The van der Waals surface area contributed by atoms with Gasteiger partial charge in [0.1, 0.15) is 5.82 Å². The van der Waals surface area contributed by atoms with E-state index in [-0.39, 0.29) is 17.8 Å². The lowest BCUT2D eigenvalue weighted by molar-refractivity contribution is 0.0914. The minimum absolute atomic E-state index is 0.114. The molecule has 0 bridgehead atoms. The van der Waals surface area contributed by atoms with Gasteiger partial charge >= 0.3 is 0 Å². The van der Waals surface area contributed by atoms with Crippen LogP contribution >= 0.6 is 0 Å². The Bertz CT molecular complexity index is 447. The van der Waals surface area contributed by atoms with Gasteiger partial charge in [-0.3, -0.25) is 4.79 Å². The van der Waals surface area contributed by atoms with Crippen LogP contribution in [0.15, 0.2) is 18.2 Å². The second-order valence-electron chi connectivity index (χ2n) is 5.01. The van der Waals surface area contributed by atoms with Crippen LogP contribution in [-0.2, 0) is 0 Å². The van der Waals surface area contributed by atoms with Crippen LogP contribution in [0, 0.1) is 18.7 Å². The number of carbonyl (C=O) groups excluding carboxylic acids is 1. The van der Waals surface area contributed by atoms with Crippen LogP contribution in [0.2, 0.25) is 0 Å². The first-order chi connectivity index (χ1) is 8.58. The number of nitrogens with one attached hydrogen (secondary N) is 2. The van der Waals surface area contributed by atoms with Crippen LogP contribution in [0.4, 0.5) is 4.39 Å². The molecule has 1 aromatic carbocycles. The Hall–Kier alpha value is -1.42. The molecule has 0 unspecified atom stereocenters. The lowest BCUT2D eigenvalue weighted by atomic mass is 9.95. The Labute approximate surface area is 107 Å². The highest BCUT2D eigenvalue weighted by Gasteiger charge is 2.23. The van der Waals surface area contributed by atoms with Crippen LogP contribution < -0.4 is 10.6 Å². The van der Waals surface area contributed by atoms with Crippen molar-refractivity contribution in [3.63, 3.8) is 0 Å². The maximum Gasteiger partial charge on any atom is 0.251 e. The predicted molar refractivity (Wildman–Crippen MR) is 69.0 cm³/mol. The van der Waals surface area contributed by atoms with Crippen LogP contribution in [-0.4, -0.2) is 25.0 Å². The van der Waals surface area contributed by atoms with E-state index in [1.807, 2.05) is 0 Å². The van der Waals surface area contributed by atoms with Gasteiger partial charge < -0.3 is 10.6 Å². The molecule has 3 nitrogen and oxygen atoms in total. The van der Waals surface area contributed by atoms with E-state index in [0.29, 0.717) is 17.0 Å². The van der Waals surface area contributed by atoms with E-state index < -0.39 is 0 Å². The first kappa shape index (κ1) is 13.0. The topological polar surface area (TPSA) is 41.1 Å². The van der Waals surface area contributed by atoms with Gasteiger partial charge in [-0.2, -0.15) is 0 Å². The van der Waals surface area contributed by atoms with Gasteiger partial charge in [-0.05, 0) is 56.1 Å². The number of rotatable bonds is 2. The zero-order valence-electron chi connectivity index (χ0n) is 10.8. The van der Waals surface area contributed by atoms with Gasteiger partial charge in [0.2, 0.25) is 0 Å². The van der Waals surface area contributed by atoms with Crippen LogP contribution in [0.3, 0.4) is 0 Å². The quantitative estimate of drug-likeness (QED) is 0.841. The molecular weight excluding hydrogens is 231 g/mol. The third kappa shape index (κ3) is 2.88. The predicted octanol–water partition coefficient (Wildman–Crippen LogP) is 1.86. The Balaban J connectivity index is 2.04. The molecular formula is C14H19FN2O. The summed E-state index contributed by atoms with van der Waals surface area (Å²) < 4.78 is 13.1. The molecule has 1 aliphatic heterocycles. The van der Waals surface area contributed by atoms with Gasteiger partial charge in [0, 0.05) is 11.6 Å². The van der Waals surface area contributed by atoms with E-state index in [1.54, 1.807) is 13.0 Å². The molecule has 0 saturated carbocycles. The SMILES string of the molecule is Cc1cc(C(=O)N[C@H]2CCNC[C@H]2C)ccc1F. The molecule has 98 valence electrons. The third-order valence-corrected chi connectivity index (χ3v) is 3.52. The molecule has 2 rings (SSSR count). The van der Waals surface area contributed by atoms with Gasteiger partial charge in [0.05, 0.1) is 0 Å². The fourth-order valence-electron chi connectivity index (χ4n) is 2.27. The van der Waals surface area contributed by atoms with Crippen LogP contribution in [0.25, 0.3) is 0 Å². The second kappa shape index (κ2) is 5.48. The Morgan fingerprint density at radius 3 is 2.94 bits per heavy atom. The molecule has 0 aromatic heterocycles. The minimum Gasteiger partial charge on any atom is -0.349 e. The van der Waals surface area contributed by atoms with Crippen molar-refractivity contribution >= 4 is 5.91 Å². The van der Waals surface area contributed by atoms with Crippen molar-refractivity contribution in [3.8, 4) is 0 Å². The Morgan fingerprint density at radius 1 is 1.50 bits per heavy atom. The number of hydrogen-bond donors (Lipinski definition) is 2. The van der Waals surface area contributed by atoms with Crippen LogP contribution in [0.5, 0.6) is 0 Å². The standard InChI is InChI=1S/C14H19FN2O/c1-9-7-11(3-4-12(9)15)14(18)17-13-5-6-16-8-10(13)2/h3-4,7,10,13,16H,5-6,8H2,1-2H3,(H,17,18)/t10-,13+/m1/s1. The molecule has 2 atom stereocenters. The van der Waals surface area contributed by atoms with Gasteiger partial charge in [-0.1, -0.05) is 6.92 Å². The molecule has 0 aliphatic carbocycles. The average Bonchev–Trinajstić information content (AvgIpc) is 2.35. The summed E-state index contributed by atoms with van der Waals surface area (Å²) in [7, 11) is 0. The second-order valence-corrected chi connectivity index (χ2v) is 5.01. The lowest BCUT2D eigenvalue weighted by Crippen LogP contribution is -2.48. The molecule has 1 fully saturated rings. The normalized spacial score (nSPS) is 23.7. The molecule has 4 heteroatoms. The maximum absolute atomic E-state index is 13.1. The summed E-state index contributed by atoms with van der Waals surface area (Å²) in [6.45, 7) is 5.64.